The van der Waals surface area contributed by atoms with Gasteiger partial charge in [-0.05, 0) is 18.9 Å². The summed E-state index contributed by atoms with van der Waals surface area (Å²) in [6, 6.07) is 4.62. The first-order valence-electron chi connectivity index (χ1n) is 6.31. The first kappa shape index (κ1) is 16.1. The number of rotatable bonds is 2. The summed E-state index contributed by atoms with van der Waals surface area (Å²) in [7, 11) is -3.80. The fourth-order valence-electron chi connectivity index (χ4n) is 2.56. The Morgan fingerprint density at radius 3 is 2.76 bits per heavy atom. The number of hydrogen-bond donors (Lipinski definition) is 1. The molecule has 1 saturated heterocycles. The summed E-state index contributed by atoms with van der Waals surface area (Å²) in [6.45, 7) is 0.368. The lowest BCUT2D eigenvalue weighted by Gasteiger charge is -2.21. The van der Waals surface area contributed by atoms with E-state index < -0.39 is 22.0 Å². The minimum Gasteiger partial charge on any atom is -0.315 e. The molecule has 0 bridgehead atoms. The number of sulfonamides is 1. The van der Waals surface area contributed by atoms with Crippen molar-refractivity contribution in [3.05, 3.63) is 36.4 Å². The van der Waals surface area contributed by atoms with E-state index in [1.165, 1.54) is 16.6 Å². The molecule has 0 spiro atoms. The lowest BCUT2D eigenvalue weighted by atomic mass is 10.2. The zero-order chi connectivity index (χ0) is 14.3. The molecule has 0 radical (unpaired) electrons. The number of nitrogens with two attached hydrogens (primary N) is 1. The maximum atomic E-state index is 14.0. The highest BCUT2D eigenvalue weighted by atomic mass is 35.5. The van der Waals surface area contributed by atoms with Crippen molar-refractivity contribution in [1.82, 2.24) is 9.29 Å². The Balaban J connectivity index is 0.00000161. The lowest BCUT2D eigenvalue weighted by Crippen LogP contribution is -2.41. The normalized spacial score (nSPS) is 19.6. The SMILES string of the molecule is Cl.NC1CCCN1S(=O)(=O)c1cccc2cncc(F)c12. The van der Waals surface area contributed by atoms with Crippen molar-refractivity contribution in [2.45, 2.75) is 23.9 Å². The van der Waals surface area contributed by atoms with Gasteiger partial charge in [-0.25, -0.2) is 12.8 Å². The van der Waals surface area contributed by atoms with Crippen LogP contribution in [0.2, 0.25) is 0 Å². The molecular weight excluding hydrogens is 317 g/mol. The van der Waals surface area contributed by atoms with Gasteiger partial charge in [0.25, 0.3) is 0 Å². The Kier molecular flexibility index (Phi) is 4.48. The molecule has 1 aromatic heterocycles. The maximum Gasteiger partial charge on any atom is 0.245 e. The van der Waals surface area contributed by atoms with E-state index in [0.29, 0.717) is 18.4 Å². The molecule has 0 amide bonds. The summed E-state index contributed by atoms with van der Waals surface area (Å²) in [6.07, 6.45) is 3.26. The van der Waals surface area contributed by atoms with Crippen LogP contribution in [-0.2, 0) is 10.0 Å². The van der Waals surface area contributed by atoms with Gasteiger partial charge in [-0.2, -0.15) is 4.31 Å². The van der Waals surface area contributed by atoms with Gasteiger partial charge in [0.2, 0.25) is 10.0 Å². The van der Waals surface area contributed by atoms with Gasteiger partial charge < -0.3 is 5.73 Å². The maximum absolute atomic E-state index is 14.0. The number of pyridine rings is 1. The second-order valence-corrected chi connectivity index (χ2v) is 6.66. The smallest absolute Gasteiger partial charge is 0.245 e. The van der Waals surface area contributed by atoms with Gasteiger partial charge in [-0.3, -0.25) is 4.98 Å². The molecule has 3 rings (SSSR count). The van der Waals surface area contributed by atoms with E-state index in [9.17, 15) is 12.8 Å². The molecule has 114 valence electrons. The summed E-state index contributed by atoms with van der Waals surface area (Å²) >= 11 is 0. The molecule has 0 aliphatic carbocycles. The molecule has 1 aromatic carbocycles. The number of hydrogen-bond acceptors (Lipinski definition) is 4. The molecule has 2 heterocycles. The summed E-state index contributed by atoms with van der Waals surface area (Å²) < 4.78 is 40.6. The molecule has 1 fully saturated rings. The van der Waals surface area contributed by atoms with E-state index in [2.05, 4.69) is 4.98 Å². The first-order chi connectivity index (χ1) is 9.51. The molecule has 2 N–H and O–H groups in total. The van der Waals surface area contributed by atoms with Crippen LogP contribution in [-0.4, -0.2) is 30.4 Å². The zero-order valence-electron chi connectivity index (χ0n) is 11.1. The molecular formula is C13H15ClFN3O2S. The molecule has 21 heavy (non-hydrogen) atoms. The molecule has 5 nitrogen and oxygen atoms in total. The van der Waals surface area contributed by atoms with Crippen molar-refractivity contribution in [3.8, 4) is 0 Å². The highest BCUT2D eigenvalue weighted by Crippen LogP contribution is 2.30. The zero-order valence-corrected chi connectivity index (χ0v) is 12.7. The second kappa shape index (κ2) is 5.84. The fraction of sp³-hybridized carbons (Fsp3) is 0.308. The summed E-state index contributed by atoms with van der Waals surface area (Å²) in [4.78, 5) is 3.69. The average molecular weight is 332 g/mol. The van der Waals surface area contributed by atoms with Crippen LogP contribution in [0.4, 0.5) is 4.39 Å². The number of fused-ring (bicyclic) bond motifs is 1. The standard InChI is InChI=1S/C13H14FN3O2S.ClH/c14-10-8-16-7-9-3-1-4-11(13(9)10)20(18,19)17-6-2-5-12(17)15;/h1,3-4,7-8,12H,2,5-6,15H2;1H. The summed E-state index contributed by atoms with van der Waals surface area (Å²) in [5.41, 5.74) is 5.83. The van der Waals surface area contributed by atoms with Crippen LogP contribution in [0.1, 0.15) is 12.8 Å². The van der Waals surface area contributed by atoms with Crippen molar-refractivity contribution in [2.75, 3.05) is 6.54 Å². The molecule has 1 aliphatic heterocycles. The van der Waals surface area contributed by atoms with Gasteiger partial charge >= 0.3 is 0 Å². The molecule has 1 atom stereocenters. The molecule has 8 heteroatoms. The van der Waals surface area contributed by atoms with E-state index in [1.54, 1.807) is 12.1 Å². The third-order valence-electron chi connectivity index (χ3n) is 3.53. The lowest BCUT2D eigenvalue weighted by molar-refractivity contribution is 0.396. The Labute approximate surface area is 128 Å². The van der Waals surface area contributed by atoms with E-state index in [-0.39, 0.29) is 22.7 Å². The van der Waals surface area contributed by atoms with Crippen LogP contribution < -0.4 is 5.73 Å². The van der Waals surface area contributed by atoms with Crippen LogP contribution in [0.3, 0.4) is 0 Å². The van der Waals surface area contributed by atoms with E-state index in [1.807, 2.05) is 0 Å². The Morgan fingerprint density at radius 2 is 2.10 bits per heavy atom. The third kappa shape index (κ3) is 2.62. The van der Waals surface area contributed by atoms with Crippen LogP contribution in [0.25, 0.3) is 10.8 Å². The van der Waals surface area contributed by atoms with Gasteiger partial charge in [-0.1, -0.05) is 12.1 Å². The van der Waals surface area contributed by atoms with Crippen molar-refractivity contribution in [1.29, 1.82) is 0 Å². The highest BCUT2D eigenvalue weighted by molar-refractivity contribution is 7.89. The molecule has 2 aromatic rings. The fourth-order valence-corrected chi connectivity index (χ4v) is 4.37. The van der Waals surface area contributed by atoms with Crippen LogP contribution in [0, 0.1) is 5.82 Å². The predicted octanol–water partition coefficient (Wildman–Crippen LogP) is 1.87. The Bertz CT molecular complexity index is 764. The minimum absolute atomic E-state index is 0. The Hall–Kier alpha value is -1.28. The summed E-state index contributed by atoms with van der Waals surface area (Å²) in [5, 5.41) is 0.528. The Morgan fingerprint density at radius 1 is 1.33 bits per heavy atom. The van der Waals surface area contributed by atoms with E-state index in [0.717, 1.165) is 12.6 Å². The highest BCUT2D eigenvalue weighted by Gasteiger charge is 2.34. The van der Waals surface area contributed by atoms with Gasteiger partial charge in [0.05, 0.1) is 17.3 Å². The molecule has 0 saturated carbocycles. The first-order valence-corrected chi connectivity index (χ1v) is 7.75. The van der Waals surface area contributed by atoms with Crippen molar-refractivity contribution in [3.63, 3.8) is 0 Å². The summed E-state index contributed by atoms with van der Waals surface area (Å²) in [5.74, 6) is -0.644. The van der Waals surface area contributed by atoms with Crippen LogP contribution in [0.5, 0.6) is 0 Å². The average Bonchev–Trinajstić information content (AvgIpc) is 2.85. The third-order valence-corrected chi connectivity index (χ3v) is 5.50. The number of aromatic nitrogens is 1. The van der Waals surface area contributed by atoms with E-state index in [4.69, 9.17) is 5.73 Å². The second-order valence-electron chi connectivity index (χ2n) is 4.80. The predicted molar refractivity (Wildman–Crippen MR) is 80.1 cm³/mol. The number of halogens is 2. The van der Waals surface area contributed by atoms with Crippen LogP contribution >= 0.6 is 12.4 Å². The van der Waals surface area contributed by atoms with Crippen molar-refractivity contribution < 1.29 is 12.8 Å². The van der Waals surface area contributed by atoms with Gasteiger partial charge in [0, 0.05) is 23.5 Å². The van der Waals surface area contributed by atoms with Crippen LogP contribution in [0.15, 0.2) is 35.5 Å². The number of benzene rings is 1. The topological polar surface area (TPSA) is 76.3 Å². The molecule has 1 unspecified atom stereocenters. The van der Waals surface area contributed by atoms with E-state index >= 15 is 0 Å². The minimum atomic E-state index is -3.80. The van der Waals surface area contributed by atoms with Crippen molar-refractivity contribution in [2.24, 2.45) is 5.73 Å². The van der Waals surface area contributed by atoms with Gasteiger partial charge in [0.1, 0.15) is 0 Å². The number of nitrogens with zero attached hydrogens (tertiary/aromatic N) is 2. The molecule has 1 aliphatic rings. The van der Waals surface area contributed by atoms with Crippen molar-refractivity contribution >= 4 is 33.2 Å². The van der Waals surface area contributed by atoms with Gasteiger partial charge in [-0.15, -0.1) is 12.4 Å². The van der Waals surface area contributed by atoms with Gasteiger partial charge in [0.15, 0.2) is 5.82 Å². The monoisotopic (exact) mass is 331 g/mol. The largest absolute Gasteiger partial charge is 0.315 e. The quantitative estimate of drug-likeness (QED) is 0.911.